The molecule has 0 unspecified atom stereocenters. The van der Waals surface area contributed by atoms with Gasteiger partial charge in [0.05, 0.1) is 0 Å². The van der Waals surface area contributed by atoms with Crippen molar-refractivity contribution in [2.24, 2.45) is 0 Å². The molecule has 2 aliphatic heterocycles. The Balaban J connectivity index is 1.23. The van der Waals surface area contributed by atoms with E-state index in [1.807, 2.05) is 35.2 Å². The molecule has 1 amide bonds. The van der Waals surface area contributed by atoms with Crippen LogP contribution in [0.1, 0.15) is 28.8 Å². The molecule has 0 atom stereocenters. The molecule has 4 rings (SSSR count). The maximum absolute atomic E-state index is 12.6. The van der Waals surface area contributed by atoms with Crippen molar-refractivity contribution in [3.63, 3.8) is 0 Å². The van der Waals surface area contributed by atoms with E-state index >= 15 is 0 Å². The van der Waals surface area contributed by atoms with Gasteiger partial charge in [-0.3, -0.25) is 14.6 Å². The van der Waals surface area contributed by atoms with Crippen molar-refractivity contribution in [1.82, 2.24) is 14.7 Å². The second kappa shape index (κ2) is 8.68. The average Bonchev–Trinajstić information content (AvgIpc) is 2.75. The monoisotopic (exact) mass is 363 g/mol. The van der Waals surface area contributed by atoms with Gasteiger partial charge >= 0.3 is 0 Å². The zero-order valence-corrected chi connectivity index (χ0v) is 16.0. The fourth-order valence-electron chi connectivity index (χ4n) is 4.34. The summed E-state index contributed by atoms with van der Waals surface area (Å²) in [5.41, 5.74) is 2.21. The first kappa shape index (κ1) is 18.2. The molecule has 4 heteroatoms. The lowest BCUT2D eigenvalue weighted by Crippen LogP contribution is -2.54. The van der Waals surface area contributed by atoms with Gasteiger partial charge in [0.1, 0.15) is 0 Å². The third kappa shape index (κ3) is 4.57. The van der Waals surface area contributed by atoms with Gasteiger partial charge in [-0.25, -0.2) is 0 Å². The summed E-state index contributed by atoms with van der Waals surface area (Å²) in [6.45, 7) is 7.10. The van der Waals surface area contributed by atoms with Crippen molar-refractivity contribution in [3.05, 3.63) is 71.8 Å². The number of amides is 1. The van der Waals surface area contributed by atoms with Gasteiger partial charge in [0.25, 0.3) is 5.91 Å². The van der Waals surface area contributed by atoms with Crippen molar-refractivity contribution in [2.45, 2.75) is 25.4 Å². The van der Waals surface area contributed by atoms with Crippen LogP contribution in [-0.4, -0.2) is 65.9 Å². The van der Waals surface area contributed by atoms with E-state index in [1.54, 1.807) is 0 Å². The number of likely N-dealkylation sites (tertiary alicyclic amines) is 1. The number of hydrogen-bond acceptors (Lipinski definition) is 3. The van der Waals surface area contributed by atoms with Gasteiger partial charge < -0.3 is 4.90 Å². The van der Waals surface area contributed by atoms with Crippen LogP contribution in [0.2, 0.25) is 0 Å². The first-order valence-corrected chi connectivity index (χ1v) is 10.1. The van der Waals surface area contributed by atoms with Crippen LogP contribution in [0.3, 0.4) is 0 Å². The fraction of sp³-hybridized carbons (Fsp3) is 0.435. The molecule has 0 N–H and O–H groups in total. The summed E-state index contributed by atoms with van der Waals surface area (Å²) in [6.07, 6.45) is 2.47. The van der Waals surface area contributed by atoms with Gasteiger partial charge in [-0.15, -0.1) is 0 Å². The molecular weight excluding hydrogens is 334 g/mol. The number of carbonyl (C=O) groups excluding carboxylic acids is 1. The number of rotatable bonds is 4. The van der Waals surface area contributed by atoms with Crippen molar-refractivity contribution in [3.8, 4) is 0 Å². The molecular formula is C23H29N3O. The SMILES string of the molecule is O=C(c1ccccc1)N1CCN(C2CCN(Cc3ccccc3)CC2)CC1. The zero-order chi connectivity index (χ0) is 18.5. The number of hydrogen-bond donors (Lipinski definition) is 0. The van der Waals surface area contributed by atoms with Gasteiger partial charge in [-0.2, -0.15) is 0 Å². The van der Waals surface area contributed by atoms with Crippen LogP contribution in [0.25, 0.3) is 0 Å². The Morgan fingerprint density at radius 2 is 1.37 bits per heavy atom. The summed E-state index contributed by atoms with van der Waals surface area (Å²) in [7, 11) is 0. The summed E-state index contributed by atoms with van der Waals surface area (Å²) in [6, 6.07) is 21.1. The van der Waals surface area contributed by atoms with Crippen LogP contribution in [0.5, 0.6) is 0 Å². The maximum atomic E-state index is 12.6. The molecule has 142 valence electrons. The van der Waals surface area contributed by atoms with E-state index in [1.165, 1.54) is 31.5 Å². The molecule has 0 saturated carbocycles. The first-order valence-electron chi connectivity index (χ1n) is 10.1. The number of piperazine rings is 1. The van der Waals surface area contributed by atoms with Crippen LogP contribution in [0.15, 0.2) is 60.7 Å². The molecule has 0 radical (unpaired) electrons. The number of piperidine rings is 1. The van der Waals surface area contributed by atoms with E-state index in [0.29, 0.717) is 6.04 Å². The summed E-state index contributed by atoms with van der Waals surface area (Å²) in [5, 5.41) is 0. The summed E-state index contributed by atoms with van der Waals surface area (Å²) >= 11 is 0. The average molecular weight is 364 g/mol. The van der Waals surface area contributed by atoms with Crippen LogP contribution >= 0.6 is 0 Å². The molecule has 2 heterocycles. The van der Waals surface area contributed by atoms with Gasteiger partial charge in [-0.05, 0) is 43.6 Å². The predicted molar refractivity (Wildman–Crippen MR) is 109 cm³/mol. The first-order chi connectivity index (χ1) is 13.3. The quantitative estimate of drug-likeness (QED) is 0.835. The Bertz CT molecular complexity index is 718. The van der Waals surface area contributed by atoms with Crippen molar-refractivity contribution < 1.29 is 4.79 Å². The molecule has 27 heavy (non-hydrogen) atoms. The Morgan fingerprint density at radius 1 is 0.778 bits per heavy atom. The van der Waals surface area contributed by atoms with Gasteiger partial charge in [0.15, 0.2) is 0 Å². The number of benzene rings is 2. The van der Waals surface area contributed by atoms with Crippen LogP contribution in [0.4, 0.5) is 0 Å². The lowest BCUT2D eigenvalue weighted by molar-refractivity contribution is 0.0445. The molecule has 0 spiro atoms. The molecule has 4 nitrogen and oxygen atoms in total. The highest BCUT2D eigenvalue weighted by molar-refractivity contribution is 5.94. The molecule has 2 saturated heterocycles. The minimum absolute atomic E-state index is 0.174. The molecule has 0 bridgehead atoms. The zero-order valence-electron chi connectivity index (χ0n) is 16.0. The van der Waals surface area contributed by atoms with E-state index in [4.69, 9.17) is 0 Å². The summed E-state index contributed by atoms with van der Waals surface area (Å²) < 4.78 is 0. The third-order valence-electron chi connectivity index (χ3n) is 5.94. The van der Waals surface area contributed by atoms with Crippen LogP contribution < -0.4 is 0 Å². The lowest BCUT2D eigenvalue weighted by atomic mass is 10.0. The normalized spacial score (nSPS) is 19.9. The predicted octanol–water partition coefficient (Wildman–Crippen LogP) is 3.11. The molecule has 0 aliphatic carbocycles. The standard InChI is InChI=1S/C23H29N3O/c27-23(21-9-5-2-6-10-21)26-17-15-25(16-18-26)22-11-13-24(14-12-22)19-20-7-3-1-4-8-20/h1-10,22H,11-19H2. The lowest BCUT2D eigenvalue weighted by Gasteiger charge is -2.42. The van der Waals surface area contributed by atoms with Gasteiger partial charge in [-0.1, -0.05) is 48.5 Å². The van der Waals surface area contributed by atoms with Gasteiger partial charge in [0, 0.05) is 44.3 Å². The number of nitrogens with zero attached hydrogens (tertiary/aromatic N) is 3. The van der Waals surface area contributed by atoms with Crippen LogP contribution in [-0.2, 0) is 6.54 Å². The van der Waals surface area contributed by atoms with Gasteiger partial charge in [0.2, 0.25) is 0 Å². The Morgan fingerprint density at radius 3 is 2.00 bits per heavy atom. The molecule has 2 aliphatic rings. The van der Waals surface area contributed by atoms with Crippen molar-refractivity contribution in [2.75, 3.05) is 39.3 Å². The largest absolute Gasteiger partial charge is 0.336 e. The highest BCUT2D eigenvalue weighted by Crippen LogP contribution is 2.20. The molecule has 2 aromatic carbocycles. The second-order valence-corrected chi connectivity index (χ2v) is 7.69. The van der Waals surface area contributed by atoms with E-state index < -0.39 is 0 Å². The smallest absolute Gasteiger partial charge is 0.253 e. The Kier molecular flexibility index (Phi) is 5.85. The van der Waals surface area contributed by atoms with E-state index in [-0.39, 0.29) is 5.91 Å². The summed E-state index contributed by atoms with van der Waals surface area (Å²) in [4.78, 5) is 19.8. The second-order valence-electron chi connectivity index (χ2n) is 7.69. The number of carbonyl (C=O) groups is 1. The summed E-state index contributed by atoms with van der Waals surface area (Å²) in [5.74, 6) is 0.174. The van der Waals surface area contributed by atoms with Crippen molar-refractivity contribution >= 4 is 5.91 Å². The Hall–Kier alpha value is -2.17. The topological polar surface area (TPSA) is 26.8 Å². The maximum Gasteiger partial charge on any atom is 0.253 e. The Labute approximate surface area is 162 Å². The van der Waals surface area contributed by atoms with E-state index in [2.05, 4.69) is 40.1 Å². The van der Waals surface area contributed by atoms with Crippen molar-refractivity contribution in [1.29, 1.82) is 0 Å². The third-order valence-corrected chi connectivity index (χ3v) is 5.94. The minimum atomic E-state index is 0.174. The highest BCUT2D eigenvalue weighted by atomic mass is 16.2. The molecule has 2 aromatic rings. The van der Waals surface area contributed by atoms with E-state index in [0.717, 1.165) is 38.3 Å². The molecule has 2 fully saturated rings. The molecule has 0 aromatic heterocycles. The van der Waals surface area contributed by atoms with E-state index in [9.17, 15) is 4.79 Å². The van der Waals surface area contributed by atoms with Crippen LogP contribution in [0, 0.1) is 0 Å². The fourth-order valence-corrected chi connectivity index (χ4v) is 4.34. The highest BCUT2D eigenvalue weighted by Gasteiger charge is 2.29. The minimum Gasteiger partial charge on any atom is -0.336 e.